The molecule has 0 spiro atoms. The van der Waals surface area contributed by atoms with Gasteiger partial charge in [-0.25, -0.2) is 14.5 Å². The van der Waals surface area contributed by atoms with Crippen molar-refractivity contribution in [2.75, 3.05) is 13.1 Å². The molecule has 3 N–H and O–H groups in total. The first-order chi connectivity index (χ1) is 10.4. The molecule has 1 fully saturated rings. The van der Waals surface area contributed by atoms with Gasteiger partial charge in [0.15, 0.2) is 0 Å². The van der Waals surface area contributed by atoms with Crippen LogP contribution < -0.4 is 11.1 Å². The minimum Gasteiger partial charge on any atom is -0.368 e. The number of imide groups is 2. The van der Waals surface area contributed by atoms with Crippen molar-refractivity contribution in [3.63, 3.8) is 0 Å². The summed E-state index contributed by atoms with van der Waals surface area (Å²) in [5, 5.41) is 2.97. The van der Waals surface area contributed by atoms with Gasteiger partial charge < -0.3 is 11.1 Å². The molecule has 0 bridgehead atoms. The Morgan fingerprint density at radius 1 is 1.27 bits per heavy atom. The van der Waals surface area contributed by atoms with E-state index in [0.717, 1.165) is 0 Å². The molecule has 8 nitrogen and oxygen atoms in total. The molecule has 1 aliphatic heterocycles. The number of primary amides is 1. The number of hydrogen-bond donors (Lipinski definition) is 2. The van der Waals surface area contributed by atoms with Gasteiger partial charge in [-0.15, -0.1) is 0 Å². The summed E-state index contributed by atoms with van der Waals surface area (Å²) in [6.07, 6.45) is 0. The maximum Gasteiger partial charge on any atom is 0.335 e. The van der Waals surface area contributed by atoms with Crippen molar-refractivity contribution in [3.05, 3.63) is 34.9 Å². The number of hydrogen-bond acceptors (Lipinski definition) is 4. The summed E-state index contributed by atoms with van der Waals surface area (Å²) in [6.45, 7) is -0.876. The van der Waals surface area contributed by atoms with Crippen molar-refractivity contribution in [1.82, 2.24) is 15.1 Å². The summed E-state index contributed by atoms with van der Waals surface area (Å²) < 4.78 is 0. The van der Waals surface area contributed by atoms with Crippen LogP contribution in [-0.4, -0.2) is 46.8 Å². The number of rotatable bonds is 4. The molecule has 9 heteroatoms. The lowest BCUT2D eigenvalue weighted by Gasteiger charge is -2.15. The quantitative estimate of drug-likeness (QED) is 0.775. The van der Waals surface area contributed by atoms with E-state index in [4.69, 9.17) is 17.3 Å². The molecular weight excluding hydrogens is 312 g/mol. The Morgan fingerprint density at radius 3 is 2.59 bits per heavy atom. The third-order valence-electron chi connectivity index (χ3n) is 3.00. The van der Waals surface area contributed by atoms with E-state index in [1.165, 1.54) is 0 Å². The smallest absolute Gasteiger partial charge is 0.335 e. The first kappa shape index (κ1) is 15.8. The normalized spacial score (nSPS) is 14.4. The van der Waals surface area contributed by atoms with Gasteiger partial charge in [0.05, 0.1) is 0 Å². The van der Waals surface area contributed by atoms with Gasteiger partial charge in [-0.3, -0.25) is 14.5 Å². The number of carbonyl (C=O) groups excluding carboxylic acids is 4. The zero-order chi connectivity index (χ0) is 16.3. The van der Waals surface area contributed by atoms with E-state index in [-0.39, 0.29) is 6.54 Å². The van der Waals surface area contributed by atoms with Crippen molar-refractivity contribution in [3.8, 4) is 0 Å². The highest BCUT2D eigenvalue weighted by Crippen LogP contribution is 2.15. The molecule has 1 aromatic carbocycles. The van der Waals surface area contributed by atoms with Crippen LogP contribution in [0.15, 0.2) is 24.3 Å². The minimum absolute atomic E-state index is 0.103. The number of nitrogens with one attached hydrogen (secondary N) is 1. The second-order valence-electron chi connectivity index (χ2n) is 4.57. The number of nitrogens with two attached hydrogens (primary N) is 1. The van der Waals surface area contributed by atoms with Crippen molar-refractivity contribution in [1.29, 1.82) is 0 Å². The highest BCUT2D eigenvalue weighted by Gasteiger charge is 2.40. The van der Waals surface area contributed by atoms with Crippen LogP contribution >= 0.6 is 11.6 Å². The Balaban J connectivity index is 1.99. The first-order valence-corrected chi connectivity index (χ1v) is 6.69. The highest BCUT2D eigenvalue weighted by molar-refractivity contribution is 6.31. The molecule has 0 saturated carbocycles. The third-order valence-corrected chi connectivity index (χ3v) is 3.37. The van der Waals surface area contributed by atoms with Crippen molar-refractivity contribution in [2.45, 2.75) is 6.54 Å². The molecule has 0 atom stereocenters. The van der Waals surface area contributed by atoms with Crippen molar-refractivity contribution < 1.29 is 19.2 Å². The molecule has 2 rings (SSSR count). The van der Waals surface area contributed by atoms with Crippen molar-refractivity contribution >= 4 is 35.5 Å². The van der Waals surface area contributed by atoms with Crippen LogP contribution in [0.1, 0.15) is 5.56 Å². The number of amides is 6. The van der Waals surface area contributed by atoms with Crippen LogP contribution in [0, 0.1) is 0 Å². The lowest BCUT2D eigenvalue weighted by molar-refractivity contribution is -0.129. The zero-order valence-electron chi connectivity index (χ0n) is 11.4. The van der Waals surface area contributed by atoms with Gasteiger partial charge in [0.2, 0.25) is 5.91 Å². The summed E-state index contributed by atoms with van der Waals surface area (Å²) in [5.74, 6) is -1.49. The van der Waals surface area contributed by atoms with Crippen molar-refractivity contribution in [2.24, 2.45) is 5.73 Å². The predicted octanol–water partition coefficient (Wildman–Crippen LogP) is 0.299. The molecular formula is C13H13ClN4O4. The molecule has 22 heavy (non-hydrogen) atoms. The third kappa shape index (κ3) is 3.34. The van der Waals surface area contributed by atoms with E-state index in [9.17, 15) is 19.2 Å². The monoisotopic (exact) mass is 324 g/mol. The molecule has 6 amide bonds. The summed E-state index contributed by atoms with van der Waals surface area (Å²) in [7, 11) is 0. The van der Waals surface area contributed by atoms with E-state index in [0.29, 0.717) is 20.4 Å². The summed E-state index contributed by atoms with van der Waals surface area (Å²) in [5.41, 5.74) is 5.62. The van der Waals surface area contributed by atoms with Gasteiger partial charge in [0.1, 0.15) is 13.1 Å². The van der Waals surface area contributed by atoms with E-state index < -0.39 is 37.0 Å². The van der Waals surface area contributed by atoms with Crippen LogP contribution in [-0.2, 0) is 16.1 Å². The fourth-order valence-corrected chi connectivity index (χ4v) is 2.12. The van der Waals surface area contributed by atoms with E-state index in [1.807, 2.05) is 0 Å². The van der Waals surface area contributed by atoms with Gasteiger partial charge in [0.25, 0.3) is 5.91 Å². The summed E-state index contributed by atoms with van der Waals surface area (Å²) in [6, 6.07) is 5.27. The Kier molecular flexibility index (Phi) is 4.62. The Morgan fingerprint density at radius 2 is 1.95 bits per heavy atom. The molecule has 1 heterocycles. The topological polar surface area (TPSA) is 113 Å². The van der Waals surface area contributed by atoms with Crippen LogP contribution in [0.2, 0.25) is 5.02 Å². The first-order valence-electron chi connectivity index (χ1n) is 6.31. The Bertz CT molecular complexity index is 649. The number of carbonyl (C=O) groups is 4. The van der Waals surface area contributed by atoms with Gasteiger partial charge in [-0.2, -0.15) is 0 Å². The van der Waals surface area contributed by atoms with Gasteiger partial charge in [-0.1, -0.05) is 29.8 Å². The second kappa shape index (κ2) is 6.44. The molecule has 0 aromatic heterocycles. The van der Waals surface area contributed by atoms with Gasteiger partial charge in [-0.05, 0) is 11.6 Å². The standard InChI is InChI=1S/C13H13ClN4O4/c14-9-4-2-1-3-8(9)5-16-12(21)18-7-11(20)17(13(18)22)6-10(15)19/h1-4H,5-7H2,(H2,15,19)(H,16,21). The number of halogens is 1. The Hall–Kier alpha value is -2.61. The average Bonchev–Trinajstić information content (AvgIpc) is 2.74. The Labute approximate surface area is 130 Å². The predicted molar refractivity (Wildman–Crippen MR) is 76.7 cm³/mol. The molecule has 116 valence electrons. The van der Waals surface area contributed by atoms with Gasteiger partial charge in [0, 0.05) is 11.6 Å². The number of benzene rings is 1. The second-order valence-corrected chi connectivity index (χ2v) is 4.97. The number of urea groups is 2. The maximum atomic E-state index is 12.0. The van der Waals surface area contributed by atoms with E-state index >= 15 is 0 Å². The molecule has 1 aromatic rings. The zero-order valence-corrected chi connectivity index (χ0v) is 12.2. The summed E-state index contributed by atoms with van der Waals surface area (Å²) >= 11 is 5.95. The largest absolute Gasteiger partial charge is 0.368 e. The fourth-order valence-electron chi connectivity index (χ4n) is 1.92. The molecule has 0 unspecified atom stereocenters. The lowest BCUT2D eigenvalue weighted by atomic mass is 10.2. The highest BCUT2D eigenvalue weighted by atomic mass is 35.5. The molecule has 0 aliphatic carbocycles. The molecule has 0 radical (unpaired) electrons. The fraction of sp³-hybridized carbons (Fsp3) is 0.231. The summed E-state index contributed by atoms with van der Waals surface area (Å²) in [4.78, 5) is 47.7. The van der Waals surface area contributed by atoms with Gasteiger partial charge >= 0.3 is 12.1 Å². The van der Waals surface area contributed by atoms with E-state index in [2.05, 4.69) is 5.32 Å². The molecule has 1 aliphatic rings. The number of nitrogens with zero attached hydrogens (tertiary/aromatic N) is 2. The van der Waals surface area contributed by atoms with E-state index in [1.54, 1.807) is 24.3 Å². The average molecular weight is 325 g/mol. The van der Waals surface area contributed by atoms with Crippen LogP contribution in [0.5, 0.6) is 0 Å². The van der Waals surface area contributed by atoms with Crippen LogP contribution in [0.3, 0.4) is 0 Å². The maximum absolute atomic E-state index is 12.0. The SMILES string of the molecule is NC(=O)CN1C(=O)CN(C(=O)NCc2ccccc2Cl)C1=O. The van der Waals surface area contributed by atoms with Crippen LogP contribution in [0.25, 0.3) is 0 Å². The van der Waals surface area contributed by atoms with Crippen LogP contribution in [0.4, 0.5) is 9.59 Å². The minimum atomic E-state index is -0.875. The lowest BCUT2D eigenvalue weighted by Crippen LogP contribution is -2.44. The molecule has 1 saturated heterocycles.